The molecule has 0 fully saturated rings. The van der Waals surface area contributed by atoms with Gasteiger partial charge < -0.3 is 9.73 Å². The highest BCUT2D eigenvalue weighted by atomic mass is 32.2. The Morgan fingerprint density at radius 1 is 0.968 bits per heavy atom. The number of nitrogens with zero attached hydrogens (tertiary/aromatic N) is 1. The number of nitro groups is 1. The van der Waals surface area contributed by atoms with Gasteiger partial charge in [0, 0.05) is 33.2 Å². The van der Waals surface area contributed by atoms with Crippen LogP contribution in [0.15, 0.2) is 93.0 Å². The summed E-state index contributed by atoms with van der Waals surface area (Å²) in [6.45, 7) is 0. The Kier molecular flexibility index (Phi) is 4.95. The Bertz CT molecular complexity index is 1320. The molecule has 6 nitrogen and oxygen atoms in total. The van der Waals surface area contributed by atoms with Gasteiger partial charge in [0.1, 0.15) is 11.3 Å². The highest BCUT2D eigenvalue weighted by Gasteiger charge is 2.32. The number of anilines is 1. The molecule has 0 amide bonds. The van der Waals surface area contributed by atoms with Gasteiger partial charge in [0.25, 0.3) is 5.69 Å². The van der Waals surface area contributed by atoms with Crippen LogP contribution in [0.5, 0.6) is 0 Å². The third-order valence-corrected chi connectivity index (χ3v) is 6.73. The number of thioether (sulfide) groups is 1. The standard InChI is InChI=1S/C24H18N2O4S/c27-24-23-22(18-8-4-5-9-20(18)30-24)21(31-17-6-2-1-3-7-17)14-19(25-23)15-10-12-16(13-11-15)26(28)29/h1-13,19,21,25H,14H2/t19-,21+/m1/s1. The zero-order valence-corrected chi connectivity index (χ0v) is 17.2. The lowest BCUT2D eigenvalue weighted by Gasteiger charge is -2.33. The number of non-ortho nitro benzene ring substituents is 1. The van der Waals surface area contributed by atoms with Crippen molar-refractivity contribution < 1.29 is 9.34 Å². The van der Waals surface area contributed by atoms with Crippen LogP contribution in [-0.4, -0.2) is 4.92 Å². The first kappa shape index (κ1) is 19.4. The average Bonchev–Trinajstić information content (AvgIpc) is 2.80. The third-order valence-electron chi connectivity index (χ3n) is 5.47. The SMILES string of the molecule is O=c1oc2ccccc2c2c1N[C@@H](c1ccc([N+](=O)[O-])cc1)C[C@@H]2Sc1ccccc1. The molecule has 7 heteroatoms. The fourth-order valence-electron chi connectivity index (χ4n) is 4.03. The zero-order valence-electron chi connectivity index (χ0n) is 16.4. The Labute approximate surface area is 182 Å². The second-order valence-corrected chi connectivity index (χ2v) is 8.65. The van der Waals surface area contributed by atoms with E-state index in [1.165, 1.54) is 12.1 Å². The van der Waals surface area contributed by atoms with Crippen molar-refractivity contribution in [2.24, 2.45) is 0 Å². The smallest absolute Gasteiger partial charge is 0.360 e. The molecular formula is C24H18N2O4S. The van der Waals surface area contributed by atoms with Gasteiger partial charge in [0.15, 0.2) is 0 Å². The molecule has 31 heavy (non-hydrogen) atoms. The van der Waals surface area contributed by atoms with E-state index < -0.39 is 10.5 Å². The van der Waals surface area contributed by atoms with Crippen LogP contribution in [0.4, 0.5) is 11.4 Å². The van der Waals surface area contributed by atoms with E-state index in [2.05, 4.69) is 17.4 Å². The monoisotopic (exact) mass is 430 g/mol. The molecule has 0 bridgehead atoms. The number of rotatable bonds is 4. The summed E-state index contributed by atoms with van der Waals surface area (Å²) in [6.07, 6.45) is 0.720. The fourth-order valence-corrected chi connectivity index (χ4v) is 5.32. The number of benzene rings is 3. The number of hydrogen-bond donors (Lipinski definition) is 1. The highest BCUT2D eigenvalue weighted by molar-refractivity contribution is 7.99. The Hall–Kier alpha value is -3.58. The van der Waals surface area contributed by atoms with Crippen LogP contribution >= 0.6 is 11.8 Å². The first-order valence-electron chi connectivity index (χ1n) is 9.88. The van der Waals surface area contributed by atoms with Gasteiger partial charge in [-0.05, 0) is 30.2 Å². The maximum Gasteiger partial charge on any atom is 0.360 e. The molecule has 2 atom stereocenters. The van der Waals surface area contributed by atoms with Crippen LogP contribution < -0.4 is 10.9 Å². The molecule has 0 saturated heterocycles. The summed E-state index contributed by atoms with van der Waals surface area (Å²) in [7, 11) is 0. The number of para-hydroxylation sites is 1. The predicted octanol–water partition coefficient (Wildman–Crippen LogP) is 6.09. The van der Waals surface area contributed by atoms with Gasteiger partial charge in [-0.25, -0.2) is 4.79 Å². The van der Waals surface area contributed by atoms with Crippen molar-refractivity contribution >= 4 is 34.1 Å². The molecule has 0 unspecified atom stereocenters. The normalized spacial score (nSPS) is 17.7. The van der Waals surface area contributed by atoms with Gasteiger partial charge in [-0.1, -0.05) is 48.5 Å². The number of nitro benzene ring substituents is 1. The van der Waals surface area contributed by atoms with Gasteiger partial charge >= 0.3 is 5.63 Å². The summed E-state index contributed by atoms with van der Waals surface area (Å²) >= 11 is 1.71. The van der Waals surface area contributed by atoms with E-state index in [-0.39, 0.29) is 17.0 Å². The number of hydrogen-bond acceptors (Lipinski definition) is 6. The topological polar surface area (TPSA) is 85.4 Å². The Morgan fingerprint density at radius 2 is 1.68 bits per heavy atom. The maximum absolute atomic E-state index is 12.9. The summed E-state index contributed by atoms with van der Waals surface area (Å²) in [6, 6.07) is 24.0. The van der Waals surface area contributed by atoms with Gasteiger partial charge in [0.05, 0.1) is 11.0 Å². The van der Waals surface area contributed by atoms with Crippen molar-refractivity contribution in [2.45, 2.75) is 22.6 Å². The molecule has 1 aliphatic rings. The molecule has 3 aromatic carbocycles. The van der Waals surface area contributed by atoms with E-state index in [1.807, 2.05) is 42.5 Å². The van der Waals surface area contributed by atoms with Crippen LogP contribution in [0.3, 0.4) is 0 Å². The molecule has 1 aliphatic heterocycles. The lowest BCUT2D eigenvalue weighted by atomic mass is 9.91. The molecule has 0 radical (unpaired) electrons. The lowest BCUT2D eigenvalue weighted by molar-refractivity contribution is -0.384. The highest BCUT2D eigenvalue weighted by Crippen LogP contribution is 2.49. The first-order chi connectivity index (χ1) is 15.1. The molecule has 5 rings (SSSR count). The van der Waals surface area contributed by atoms with Crippen molar-refractivity contribution in [1.82, 2.24) is 0 Å². The first-order valence-corrected chi connectivity index (χ1v) is 10.8. The minimum Gasteiger partial charge on any atom is -0.421 e. The van der Waals surface area contributed by atoms with E-state index in [9.17, 15) is 14.9 Å². The summed E-state index contributed by atoms with van der Waals surface area (Å²) in [5, 5.41) is 15.3. The van der Waals surface area contributed by atoms with Crippen molar-refractivity contribution in [3.8, 4) is 0 Å². The largest absolute Gasteiger partial charge is 0.421 e. The van der Waals surface area contributed by atoms with Crippen LogP contribution in [0.25, 0.3) is 11.0 Å². The van der Waals surface area contributed by atoms with Crippen LogP contribution in [-0.2, 0) is 0 Å². The molecule has 154 valence electrons. The van der Waals surface area contributed by atoms with E-state index in [0.717, 1.165) is 27.8 Å². The summed E-state index contributed by atoms with van der Waals surface area (Å²) < 4.78 is 5.58. The van der Waals surface area contributed by atoms with Gasteiger partial charge in [0.2, 0.25) is 0 Å². The van der Waals surface area contributed by atoms with Gasteiger partial charge in [-0.2, -0.15) is 0 Å². The minimum atomic E-state index is -0.414. The molecule has 2 heterocycles. The van der Waals surface area contributed by atoms with E-state index in [0.29, 0.717) is 11.3 Å². The van der Waals surface area contributed by atoms with Crippen molar-refractivity contribution in [3.05, 3.63) is 111 Å². The van der Waals surface area contributed by atoms with Crippen molar-refractivity contribution in [3.63, 3.8) is 0 Å². The molecule has 1 aromatic heterocycles. The van der Waals surface area contributed by atoms with Gasteiger partial charge in [-0.3, -0.25) is 10.1 Å². The quantitative estimate of drug-likeness (QED) is 0.239. The maximum atomic E-state index is 12.9. The van der Waals surface area contributed by atoms with Crippen molar-refractivity contribution in [1.29, 1.82) is 0 Å². The number of fused-ring (bicyclic) bond motifs is 3. The summed E-state index contributed by atoms with van der Waals surface area (Å²) in [5.74, 6) is 0. The van der Waals surface area contributed by atoms with E-state index >= 15 is 0 Å². The minimum absolute atomic E-state index is 0.00726. The Balaban J connectivity index is 1.62. The fraction of sp³-hybridized carbons (Fsp3) is 0.125. The Morgan fingerprint density at radius 3 is 2.42 bits per heavy atom. The van der Waals surface area contributed by atoms with Crippen LogP contribution in [0.1, 0.15) is 28.8 Å². The third kappa shape index (κ3) is 3.68. The molecule has 0 spiro atoms. The molecule has 1 N–H and O–H groups in total. The molecule has 0 aliphatic carbocycles. The summed E-state index contributed by atoms with van der Waals surface area (Å²) in [5.41, 5.74) is 2.50. The zero-order chi connectivity index (χ0) is 21.4. The second kappa shape index (κ2) is 7.92. The van der Waals surface area contributed by atoms with E-state index in [1.54, 1.807) is 23.9 Å². The van der Waals surface area contributed by atoms with Crippen LogP contribution in [0, 0.1) is 10.1 Å². The second-order valence-electron chi connectivity index (χ2n) is 7.38. The average molecular weight is 430 g/mol. The molecule has 0 saturated carbocycles. The molecule has 4 aromatic rings. The van der Waals surface area contributed by atoms with Crippen LogP contribution in [0.2, 0.25) is 0 Å². The van der Waals surface area contributed by atoms with E-state index in [4.69, 9.17) is 4.42 Å². The lowest BCUT2D eigenvalue weighted by Crippen LogP contribution is -2.25. The summed E-state index contributed by atoms with van der Waals surface area (Å²) in [4.78, 5) is 24.6. The van der Waals surface area contributed by atoms with Crippen molar-refractivity contribution in [2.75, 3.05) is 5.32 Å². The van der Waals surface area contributed by atoms with Gasteiger partial charge in [-0.15, -0.1) is 11.8 Å². The predicted molar refractivity (Wildman–Crippen MR) is 122 cm³/mol. The molecular weight excluding hydrogens is 412 g/mol. The number of nitrogens with one attached hydrogen (secondary N) is 1.